The van der Waals surface area contributed by atoms with Crippen molar-refractivity contribution in [2.75, 3.05) is 58.5 Å². The molecule has 2 aromatic heterocycles. The molecule has 0 saturated heterocycles. The number of nitrogens with two attached hydrogens (primary N) is 3. The summed E-state index contributed by atoms with van der Waals surface area (Å²) in [7, 11) is 0. The molecule has 0 aliphatic rings. The Morgan fingerprint density at radius 3 is 2.24 bits per heavy atom. The van der Waals surface area contributed by atoms with E-state index in [-0.39, 0.29) is 12.3 Å². The van der Waals surface area contributed by atoms with E-state index in [1.54, 1.807) is 0 Å². The number of pyridine rings is 1. The van der Waals surface area contributed by atoms with Gasteiger partial charge >= 0.3 is 0 Å². The number of carbonyl (C=O) groups is 2. The van der Waals surface area contributed by atoms with E-state index in [9.17, 15) is 9.59 Å². The van der Waals surface area contributed by atoms with Crippen molar-refractivity contribution in [2.45, 2.75) is 64.8 Å². The van der Waals surface area contributed by atoms with Crippen molar-refractivity contribution in [2.24, 2.45) is 17.4 Å². The maximum Gasteiger partial charge on any atom is 0.220 e. The number of unbranched alkanes of at least 4 members (excludes halogenated alkanes) is 1. The molecule has 266 valence electrons. The molecule has 0 aliphatic carbocycles. The predicted octanol–water partition coefficient (Wildman–Crippen LogP) is 3.89. The first-order chi connectivity index (χ1) is 23.9. The highest BCUT2D eigenvalue weighted by Gasteiger charge is 2.19. The SMILES string of the molecule is CCCCc1nc2c(N)nc3ccccc3c2n1Cc1ccc(CC(CCC(=O)NCCCOCCOCCOCCCN)C(N)=O)cc1. The quantitative estimate of drug-likeness (QED) is 0.0801. The summed E-state index contributed by atoms with van der Waals surface area (Å²) < 4.78 is 18.6. The highest BCUT2D eigenvalue weighted by atomic mass is 16.5. The molecule has 1 unspecified atom stereocenters. The lowest BCUT2D eigenvalue weighted by molar-refractivity contribution is -0.123. The molecule has 7 N–H and O–H groups in total. The number of ether oxygens (including phenoxy) is 3. The summed E-state index contributed by atoms with van der Waals surface area (Å²) in [6.45, 7) is 7.16. The molecular formula is C37H53N7O5. The zero-order chi connectivity index (χ0) is 34.8. The summed E-state index contributed by atoms with van der Waals surface area (Å²) >= 11 is 0. The third-order valence-electron chi connectivity index (χ3n) is 8.44. The van der Waals surface area contributed by atoms with Gasteiger partial charge in [0.2, 0.25) is 11.8 Å². The first-order valence-corrected chi connectivity index (χ1v) is 17.5. The standard InChI is InChI=1S/C37H53N7O5/c1-2-3-10-32-43-34-35(30-8-4-5-9-31(30)42-36(34)39)44(32)26-28-13-11-27(12-14-28)25-29(37(40)46)15-16-33(45)41-18-7-20-48-22-24-49-23-21-47-19-6-17-38/h4-5,8-9,11-14,29H,2-3,6-7,10,15-26,38H2,1H3,(H2,39,42)(H2,40,46)(H,41,45). The number of amides is 2. The number of anilines is 1. The van der Waals surface area contributed by atoms with Gasteiger partial charge in [-0.25, -0.2) is 9.97 Å². The first-order valence-electron chi connectivity index (χ1n) is 17.5. The molecule has 4 aromatic rings. The molecule has 12 nitrogen and oxygen atoms in total. The molecule has 2 heterocycles. The van der Waals surface area contributed by atoms with Crippen LogP contribution in [0, 0.1) is 5.92 Å². The Hall–Kier alpha value is -4.10. The zero-order valence-corrected chi connectivity index (χ0v) is 28.8. The van der Waals surface area contributed by atoms with Crippen molar-refractivity contribution in [3.63, 3.8) is 0 Å². The fourth-order valence-electron chi connectivity index (χ4n) is 5.72. The van der Waals surface area contributed by atoms with Crippen LogP contribution in [0.2, 0.25) is 0 Å². The number of nitrogens with zero attached hydrogens (tertiary/aromatic N) is 3. The minimum absolute atomic E-state index is 0.102. The summed E-state index contributed by atoms with van der Waals surface area (Å²) in [5.74, 6) is 0.486. The maximum atomic E-state index is 12.4. The van der Waals surface area contributed by atoms with Crippen LogP contribution in [0.15, 0.2) is 48.5 Å². The zero-order valence-electron chi connectivity index (χ0n) is 28.8. The number of para-hydroxylation sites is 1. The minimum atomic E-state index is -0.439. The number of aromatic nitrogens is 3. The highest BCUT2D eigenvalue weighted by Crippen LogP contribution is 2.30. The Labute approximate surface area is 289 Å². The van der Waals surface area contributed by atoms with Crippen LogP contribution in [0.25, 0.3) is 21.9 Å². The first kappa shape index (κ1) is 37.7. The molecule has 2 aromatic carbocycles. The minimum Gasteiger partial charge on any atom is -0.382 e. The van der Waals surface area contributed by atoms with Crippen LogP contribution in [-0.2, 0) is 43.2 Å². The Bertz CT molecular complexity index is 1610. The summed E-state index contributed by atoms with van der Waals surface area (Å²) in [5, 5.41) is 3.93. The number of imidazole rings is 1. The van der Waals surface area contributed by atoms with E-state index >= 15 is 0 Å². The van der Waals surface area contributed by atoms with Crippen LogP contribution < -0.4 is 22.5 Å². The number of rotatable bonds is 24. The molecule has 2 amide bonds. The van der Waals surface area contributed by atoms with E-state index in [2.05, 4.69) is 40.0 Å². The number of primary amides is 1. The molecule has 49 heavy (non-hydrogen) atoms. The number of nitrogens with one attached hydrogen (secondary N) is 1. The van der Waals surface area contributed by atoms with Crippen molar-refractivity contribution in [1.82, 2.24) is 19.9 Å². The van der Waals surface area contributed by atoms with Gasteiger partial charge in [0, 0.05) is 50.4 Å². The molecule has 0 fully saturated rings. The summed E-state index contributed by atoms with van der Waals surface area (Å²) in [4.78, 5) is 34.3. The Morgan fingerprint density at radius 2 is 1.55 bits per heavy atom. The van der Waals surface area contributed by atoms with E-state index in [4.69, 9.17) is 36.4 Å². The average Bonchev–Trinajstić information content (AvgIpc) is 3.47. The number of benzene rings is 2. The monoisotopic (exact) mass is 675 g/mol. The Morgan fingerprint density at radius 1 is 0.878 bits per heavy atom. The third kappa shape index (κ3) is 11.8. The van der Waals surface area contributed by atoms with Gasteiger partial charge < -0.3 is 41.3 Å². The van der Waals surface area contributed by atoms with Gasteiger partial charge in [-0.1, -0.05) is 55.8 Å². The number of fused-ring (bicyclic) bond motifs is 3. The predicted molar refractivity (Wildman–Crippen MR) is 193 cm³/mol. The number of hydrogen-bond acceptors (Lipinski definition) is 9. The van der Waals surface area contributed by atoms with Gasteiger partial charge in [0.25, 0.3) is 0 Å². The fourth-order valence-corrected chi connectivity index (χ4v) is 5.72. The molecule has 1 atom stereocenters. The normalized spacial score (nSPS) is 12.1. The second-order valence-corrected chi connectivity index (χ2v) is 12.3. The molecule has 0 spiro atoms. The lowest BCUT2D eigenvalue weighted by Gasteiger charge is -2.15. The molecule has 0 radical (unpaired) electrons. The van der Waals surface area contributed by atoms with Crippen molar-refractivity contribution in [3.8, 4) is 0 Å². The largest absolute Gasteiger partial charge is 0.382 e. The molecular weight excluding hydrogens is 622 g/mol. The Kier molecular flexibility index (Phi) is 15.7. The van der Waals surface area contributed by atoms with Gasteiger partial charge in [-0.3, -0.25) is 9.59 Å². The lowest BCUT2D eigenvalue weighted by atomic mass is 9.93. The van der Waals surface area contributed by atoms with E-state index in [0.717, 1.165) is 64.6 Å². The molecule has 4 rings (SSSR count). The van der Waals surface area contributed by atoms with Gasteiger partial charge in [0.1, 0.15) is 11.3 Å². The number of nitrogen functional groups attached to an aromatic ring is 1. The van der Waals surface area contributed by atoms with Gasteiger partial charge in [-0.05, 0) is 55.8 Å². The highest BCUT2D eigenvalue weighted by molar-refractivity contribution is 6.06. The molecule has 0 bridgehead atoms. The van der Waals surface area contributed by atoms with Crippen molar-refractivity contribution >= 4 is 39.6 Å². The van der Waals surface area contributed by atoms with Gasteiger partial charge in [-0.15, -0.1) is 0 Å². The van der Waals surface area contributed by atoms with Crippen LogP contribution >= 0.6 is 0 Å². The maximum absolute atomic E-state index is 12.4. The van der Waals surface area contributed by atoms with Crippen LogP contribution in [0.1, 0.15) is 62.4 Å². The third-order valence-corrected chi connectivity index (χ3v) is 8.44. The molecule has 0 aliphatic heterocycles. The van der Waals surface area contributed by atoms with E-state index in [1.807, 2.05) is 30.3 Å². The second-order valence-electron chi connectivity index (χ2n) is 12.3. The number of aryl methyl sites for hydroxylation is 1. The second kappa shape index (κ2) is 20.4. The summed E-state index contributed by atoms with van der Waals surface area (Å²) in [6.07, 6.45) is 5.57. The van der Waals surface area contributed by atoms with Crippen molar-refractivity contribution in [3.05, 3.63) is 65.5 Å². The summed E-state index contributed by atoms with van der Waals surface area (Å²) in [5.41, 5.74) is 22.2. The fraction of sp³-hybridized carbons (Fsp3) is 0.514. The number of carbonyl (C=O) groups excluding carboxylic acids is 2. The van der Waals surface area contributed by atoms with E-state index in [1.165, 1.54) is 0 Å². The Balaban J connectivity index is 1.23. The molecule has 0 saturated carbocycles. The van der Waals surface area contributed by atoms with E-state index in [0.29, 0.717) is 84.4 Å². The molecule has 12 heteroatoms. The van der Waals surface area contributed by atoms with Crippen LogP contribution in [0.3, 0.4) is 0 Å². The van der Waals surface area contributed by atoms with Crippen LogP contribution in [0.5, 0.6) is 0 Å². The summed E-state index contributed by atoms with van der Waals surface area (Å²) in [6, 6.07) is 16.2. The van der Waals surface area contributed by atoms with Crippen LogP contribution in [-0.4, -0.2) is 79.1 Å². The van der Waals surface area contributed by atoms with Crippen LogP contribution in [0.4, 0.5) is 5.82 Å². The van der Waals surface area contributed by atoms with E-state index < -0.39 is 11.8 Å². The average molecular weight is 676 g/mol. The van der Waals surface area contributed by atoms with Crippen molar-refractivity contribution in [1.29, 1.82) is 0 Å². The topological polar surface area (TPSA) is 183 Å². The van der Waals surface area contributed by atoms with Gasteiger partial charge in [-0.2, -0.15) is 0 Å². The lowest BCUT2D eigenvalue weighted by Crippen LogP contribution is -2.29. The van der Waals surface area contributed by atoms with Gasteiger partial charge in [0.05, 0.1) is 37.5 Å². The smallest absolute Gasteiger partial charge is 0.220 e. The van der Waals surface area contributed by atoms with Gasteiger partial charge in [0.15, 0.2) is 5.82 Å². The van der Waals surface area contributed by atoms with Crippen molar-refractivity contribution < 1.29 is 23.8 Å². The number of hydrogen-bond donors (Lipinski definition) is 4.